The number of carbonyl (C=O) groups is 3. The molecular weight excluding hydrogens is 604 g/mol. The molecule has 1 fully saturated rings. The predicted molar refractivity (Wildman–Crippen MR) is 160 cm³/mol. The second kappa shape index (κ2) is 17.5. The van der Waals surface area contributed by atoms with E-state index in [1.54, 1.807) is 6.92 Å². The van der Waals surface area contributed by atoms with E-state index < -0.39 is 23.9 Å². The minimum Gasteiger partial charge on any atom is -0.489 e. The zero-order valence-corrected chi connectivity index (χ0v) is 25.8. The largest absolute Gasteiger partial charge is 0.489 e. The molecule has 40 heavy (non-hydrogen) atoms. The molecule has 1 aliphatic heterocycles. The molecule has 9 nitrogen and oxygen atoms in total. The molecule has 1 aliphatic rings. The second-order valence-electron chi connectivity index (χ2n) is 8.93. The summed E-state index contributed by atoms with van der Waals surface area (Å²) in [7, 11) is 2.08. The van der Waals surface area contributed by atoms with Crippen LogP contribution in [0.3, 0.4) is 0 Å². The number of hydrogen-bond acceptors (Lipinski definition) is 8. The lowest BCUT2D eigenvalue weighted by atomic mass is 10.0. The molecule has 2 aromatic rings. The molecule has 0 unspecified atom stereocenters. The van der Waals surface area contributed by atoms with Crippen molar-refractivity contribution in [3.63, 3.8) is 0 Å². The normalized spacial score (nSPS) is 14.2. The van der Waals surface area contributed by atoms with Gasteiger partial charge in [0.25, 0.3) is 5.91 Å². The van der Waals surface area contributed by atoms with Crippen LogP contribution in [0.2, 0.25) is 10.0 Å². The van der Waals surface area contributed by atoms with Crippen molar-refractivity contribution in [2.45, 2.75) is 26.3 Å². The number of rotatable bonds is 11. The summed E-state index contributed by atoms with van der Waals surface area (Å²) in [6.45, 7) is 7.77. The van der Waals surface area contributed by atoms with Crippen molar-refractivity contribution < 1.29 is 28.6 Å². The first-order chi connectivity index (χ1) is 18.2. The fraction of sp³-hybridized carbons (Fsp3) is 0.444. The Bertz CT molecular complexity index is 1130. The minimum absolute atomic E-state index is 0. The molecule has 3 rings (SSSR count). The van der Waals surface area contributed by atoms with Gasteiger partial charge in [-0.2, -0.15) is 0 Å². The summed E-state index contributed by atoms with van der Waals surface area (Å²) in [5.74, 6) is -2.07. The molecular formula is C27H35Cl4N3O6. The standard InChI is InChI=1S/C27H33Cl2N3O6.2ClH/c1-4-36-27(35)22(16-19-8-6-5-7-9-19)30-26(34)20-17-21(28)25(23(29)24(20)38-18(2)33)37-15-14-32-12-10-31(3)11-13-32;;/h5-9,17,22H,4,10-16H2,1-3H3,(H,30,34);2*1H/t22-;;/m0../s1. The van der Waals surface area contributed by atoms with Crippen LogP contribution < -0.4 is 14.8 Å². The van der Waals surface area contributed by atoms with Crippen LogP contribution in [0, 0.1) is 0 Å². The smallest absolute Gasteiger partial charge is 0.328 e. The Morgan fingerprint density at radius 3 is 2.27 bits per heavy atom. The van der Waals surface area contributed by atoms with Crippen molar-refractivity contribution in [1.82, 2.24) is 15.1 Å². The van der Waals surface area contributed by atoms with Gasteiger partial charge in [0.15, 0.2) is 11.5 Å². The summed E-state index contributed by atoms with van der Waals surface area (Å²) in [4.78, 5) is 42.4. The number of piperazine rings is 1. The van der Waals surface area contributed by atoms with E-state index in [2.05, 4.69) is 22.2 Å². The number of amides is 1. The maximum absolute atomic E-state index is 13.3. The van der Waals surface area contributed by atoms with Crippen molar-refractivity contribution in [1.29, 1.82) is 0 Å². The van der Waals surface area contributed by atoms with Crippen molar-refractivity contribution in [3.8, 4) is 11.5 Å². The van der Waals surface area contributed by atoms with Gasteiger partial charge in [-0.25, -0.2) is 4.79 Å². The number of ether oxygens (including phenoxy) is 3. The van der Waals surface area contributed by atoms with Crippen LogP contribution in [0.4, 0.5) is 0 Å². The maximum Gasteiger partial charge on any atom is 0.328 e. The Hall–Kier alpha value is -2.27. The number of carbonyl (C=O) groups excluding carboxylic acids is 3. The molecule has 0 aromatic heterocycles. The first kappa shape index (κ1) is 35.8. The van der Waals surface area contributed by atoms with Gasteiger partial charge in [0.05, 0.1) is 17.2 Å². The fourth-order valence-electron chi connectivity index (χ4n) is 4.00. The number of benzene rings is 2. The Kier molecular flexibility index (Phi) is 15.7. The van der Waals surface area contributed by atoms with Gasteiger partial charge < -0.3 is 24.4 Å². The molecule has 0 saturated carbocycles. The molecule has 0 aliphatic carbocycles. The third-order valence-corrected chi connectivity index (χ3v) is 6.65. The summed E-state index contributed by atoms with van der Waals surface area (Å²) in [5.41, 5.74) is 0.718. The highest BCUT2D eigenvalue weighted by Gasteiger charge is 2.28. The van der Waals surface area contributed by atoms with Crippen LogP contribution in [-0.2, 0) is 20.7 Å². The Balaban J connectivity index is 0.00000400. The molecule has 0 radical (unpaired) electrons. The molecule has 1 heterocycles. The molecule has 2 aromatic carbocycles. The average molecular weight is 639 g/mol. The van der Waals surface area contributed by atoms with Crippen molar-refractivity contribution >= 4 is 65.9 Å². The first-order valence-corrected chi connectivity index (χ1v) is 13.2. The van der Waals surface area contributed by atoms with Gasteiger partial charge in [-0.15, -0.1) is 24.8 Å². The van der Waals surface area contributed by atoms with Crippen LogP contribution in [0.25, 0.3) is 0 Å². The summed E-state index contributed by atoms with van der Waals surface area (Å²) < 4.78 is 16.3. The number of nitrogens with one attached hydrogen (secondary N) is 1. The summed E-state index contributed by atoms with van der Waals surface area (Å²) >= 11 is 13.0. The number of hydrogen-bond donors (Lipinski definition) is 1. The van der Waals surface area contributed by atoms with Crippen LogP contribution in [0.15, 0.2) is 36.4 Å². The number of likely N-dealkylation sites (N-methyl/N-ethyl adjacent to an activating group) is 1. The predicted octanol–water partition coefficient (Wildman–Crippen LogP) is 4.29. The van der Waals surface area contributed by atoms with Crippen molar-refractivity contribution in [2.24, 2.45) is 0 Å². The van der Waals surface area contributed by atoms with Gasteiger partial charge in [-0.1, -0.05) is 53.5 Å². The van der Waals surface area contributed by atoms with E-state index in [0.717, 1.165) is 31.7 Å². The summed E-state index contributed by atoms with van der Waals surface area (Å²) in [6, 6.07) is 9.52. The van der Waals surface area contributed by atoms with Crippen LogP contribution >= 0.6 is 48.0 Å². The van der Waals surface area contributed by atoms with Crippen LogP contribution in [-0.4, -0.2) is 86.7 Å². The van der Waals surface area contributed by atoms with E-state index in [4.69, 9.17) is 37.4 Å². The summed E-state index contributed by atoms with van der Waals surface area (Å²) in [5, 5.41) is 2.64. The topological polar surface area (TPSA) is 97.4 Å². The number of halogens is 4. The monoisotopic (exact) mass is 637 g/mol. The molecule has 1 N–H and O–H groups in total. The Morgan fingerprint density at radius 2 is 1.68 bits per heavy atom. The van der Waals surface area contributed by atoms with Crippen molar-refractivity contribution in [2.75, 3.05) is 53.0 Å². The quantitative estimate of drug-likeness (QED) is 0.288. The number of esters is 2. The Labute approximate surface area is 257 Å². The van der Waals surface area contributed by atoms with E-state index in [-0.39, 0.29) is 64.9 Å². The second-order valence-corrected chi connectivity index (χ2v) is 9.72. The summed E-state index contributed by atoms with van der Waals surface area (Å²) in [6.07, 6.45) is 0.198. The Morgan fingerprint density at radius 1 is 1.02 bits per heavy atom. The van der Waals surface area contributed by atoms with E-state index >= 15 is 0 Å². The van der Waals surface area contributed by atoms with Gasteiger partial charge >= 0.3 is 11.9 Å². The number of nitrogens with zero attached hydrogens (tertiary/aromatic N) is 2. The molecule has 1 saturated heterocycles. The lowest BCUT2D eigenvalue weighted by molar-refractivity contribution is -0.145. The molecule has 0 spiro atoms. The van der Waals surface area contributed by atoms with E-state index in [1.165, 1.54) is 13.0 Å². The third kappa shape index (κ3) is 10.3. The highest BCUT2D eigenvalue weighted by atomic mass is 35.5. The van der Waals surface area contributed by atoms with Gasteiger partial charge in [-0.3, -0.25) is 14.5 Å². The van der Waals surface area contributed by atoms with Gasteiger partial charge in [-0.05, 0) is 25.6 Å². The lowest BCUT2D eigenvalue weighted by Gasteiger charge is -2.32. The molecule has 13 heteroatoms. The van der Waals surface area contributed by atoms with E-state index in [9.17, 15) is 14.4 Å². The van der Waals surface area contributed by atoms with E-state index in [1.807, 2.05) is 30.3 Å². The third-order valence-electron chi connectivity index (χ3n) is 6.03. The maximum atomic E-state index is 13.3. The highest BCUT2D eigenvalue weighted by Crippen LogP contribution is 2.43. The molecule has 1 atom stereocenters. The highest BCUT2D eigenvalue weighted by molar-refractivity contribution is 6.39. The van der Waals surface area contributed by atoms with Gasteiger partial charge in [0.2, 0.25) is 0 Å². The molecule has 222 valence electrons. The van der Waals surface area contributed by atoms with Crippen molar-refractivity contribution in [3.05, 3.63) is 57.6 Å². The molecule has 0 bridgehead atoms. The first-order valence-electron chi connectivity index (χ1n) is 12.4. The zero-order valence-electron chi connectivity index (χ0n) is 22.6. The van der Waals surface area contributed by atoms with Gasteiger partial charge in [0.1, 0.15) is 17.7 Å². The van der Waals surface area contributed by atoms with Crippen LogP contribution in [0.5, 0.6) is 11.5 Å². The fourth-order valence-corrected chi connectivity index (χ4v) is 4.60. The molecule has 1 amide bonds. The van der Waals surface area contributed by atoms with Gasteiger partial charge in [0, 0.05) is 46.1 Å². The SMILES string of the molecule is CCOC(=O)[C@H](Cc1ccccc1)NC(=O)c1cc(Cl)c(OCCN2CCN(C)CC2)c(Cl)c1OC(C)=O.Cl.Cl. The zero-order chi connectivity index (χ0) is 27.7. The average Bonchev–Trinajstić information content (AvgIpc) is 2.88. The lowest BCUT2D eigenvalue weighted by Crippen LogP contribution is -2.45. The minimum atomic E-state index is -0.993. The van der Waals surface area contributed by atoms with E-state index in [0.29, 0.717) is 13.2 Å². The van der Waals surface area contributed by atoms with Crippen LogP contribution in [0.1, 0.15) is 29.8 Å².